The standard InChI is InChI=1S/C62H103N11O11/c1-23-40(10)51-54(75)64-41(11)55(76)71(20)48(32-36(2)3)53(74)65-46(34-44-27-29-45(35-63)30-28-44)58(79)67(16)31-25-24-26-47(59(80)68(17)43(13)57(78)73(51)22)70(19)60(81)49(33-37(4)5)72(21)56(77)42(12)69(18)61(82)52(39(8)9)84-62(83)50(38(6)7)66(14)15/h27-30,36-43,46-52H,23-26,31-34H2,1-22H3,(H,64,75)(H,65,74)/t40-,41-,42-,43-,46-,47-,48-,49-,50-,51-,52+/m0/s1. The van der Waals surface area contributed by atoms with Crippen molar-refractivity contribution in [1.29, 1.82) is 5.26 Å². The summed E-state index contributed by atoms with van der Waals surface area (Å²) < 4.78 is 5.86. The van der Waals surface area contributed by atoms with Gasteiger partial charge in [0, 0.05) is 62.3 Å². The Morgan fingerprint density at radius 1 is 0.690 bits per heavy atom. The number of amides is 9. The van der Waals surface area contributed by atoms with Crippen molar-refractivity contribution in [2.24, 2.45) is 29.6 Å². The van der Waals surface area contributed by atoms with E-state index >= 15 is 9.59 Å². The first-order valence-corrected chi connectivity index (χ1v) is 29.8. The van der Waals surface area contributed by atoms with Gasteiger partial charge in [0.25, 0.3) is 5.91 Å². The molecule has 22 heteroatoms. The number of benzene rings is 1. The number of ether oxygens (including phenoxy) is 1. The Morgan fingerprint density at radius 2 is 1.27 bits per heavy atom. The molecule has 0 spiro atoms. The molecule has 0 aliphatic carbocycles. The predicted octanol–water partition coefficient (Wildman–Crippen LogP) is 4.03. The summed E-state index contributed by atoms with van der Waals surface area (Å²) in [4.78, 5) is 156. The van der Waals surface area contributed by atoms with E-state index in [0.29, 0.717) is 24.0 Å². The monoisotopic (exact) mass is 1180 g/mol. The Kier molecular flexibility index (Phi) is 29.0. The molecule has 1 aliphatic rings. The smallest absolute Gasteiger partial charge is 0.324 e. The molecule has 11 atom stereocenters. The van der Waals surface area contributed by atoms with E-state index in [2.05, 4.69) is 16.7 Å². The third kappa shape index (κ3) is 19.5. The number of esters is 1. The molecule has 1 fully saturated rings. The lowest BCUT2D eigenvalue weighted by molar-refractivity contribution is -0.169. The maximum Gasteiger partial charge on any atom is 0.324 e. The molecule has 0 bridgehead atoms. The molecular weight excluding hydrogens is 1070 g/mol. The van der Waals surface area contributed by atoms with E-state index in [4.69, 9.17) is 4.74 Å². The number of rotatable bonds is 19. The molecule has 22 nitrogen and oxygen atoms in total. The number of carbonyl (C=O) groups is 10. The number of likely N-dealkylation sites (N-methyl/N-ethyl adjacent to an activating group) is 8. The van der Waals surface area contributed by atoms with E-state index in [1.807, 2.05) is 48.5 Å². The van der Waals surface area contributed by atoms with Gasteiger partial charge in [-0.3, -0.25) is 52.8 Å². The molecule has 1 saturated heterocycles. The van der Waals surface area contributed by atoms with E-state index in [0.717, 1.165) is 0 Å². The maximum absolute atomic E-state index is 15.2. The minimum atomic E-state index is -1.22. The SMILES string of the molecule is CC[C@H](C)[C@H]1C(=O)N[C@@H](C)C(=O)N(C)[C@@H](CC(C)C)C(=O)N[C@@H](Cc2ccc(C#N)cc2)C(=O)N(C)CCCC[C@H](N(C)C(=O)[C@H](CC(C)C)N(C)C(=O)[C@H](C)N(C)C(=O)[C@H](OC(=O)[C@H](C(C)C)N(C)C)C(C)C)C(=O)N(C)[C@@H](C)C(=O)N1C. The lowest BCUT2D eigenvalue weighted by Gasteiger charge is -2.40. The van der Waals surface area contributed by atoms with E-state index in [1.54, 1.807) is 71.1 Å². The summed E-state index contributed by atoms with van der Waals surface area (Å²) in [6.45, 7) is 23.2. The third-order valence-electron chi connectivity index (χ3n) is 16.5. The predicted molar refractivity (Wildman–Crippen MR) is 322 cm³/mol. The first-order chi connectivity index (χ1) is 39.0. The summed E-state index contributed by atoms with van der Waals surface area (Å²) >= 11 is 0. The van der Waals surface area contributed by atoms with Crippen LogP contribution in [0.3, 0.4) is 0 Å². The van der Waals surface area contributed by atoms with Crippen LogP contribution in [0.25, 0.3) is 0 Å². The molecule has 84 heavy (non-hydrogen) atoms. The minimum Gasteiger partial charge on any atom is -0.451 e. The summed E-state index contributed by atoms with van der Waals surface area (Å²) in [6.07, 6.45) is 0.284. The van der Waals surface area contributed by atoms with Crippen molar-refractivity contribution in [3.05, 3.63) is 35.4 Å². The van der Waals surface area contributed by atoms with Crippen molar-refractivity contribution < 1.29 is 52.7 Å². The second kappa shape index (κ2) is 33.2. The van der Waals surface area contributed by atoms with Gasteiger partial charge < -0.3 is 49.7 Å². The largest absolute Gasteiger partial charge is 0.451 e. The van der Waals surface area contributed by atoms with Crippen molar-refractivity contribution >= 4 is 59.1 Å². The number of hydrogen-bond donors (Lipinski definition) is 2. The molecule has 472 valence electrons. The van der Waals surface area contributed by atoms with Crippen LogP contribution in [0.15, 0.2) is 24.3 Å². The fourth-order valence-electron chi connectivity index (χ4n) is 10.7. The van der Waals surface area contributed by atoms with Crippen LogP contribution in [0, 0.1) is 40.9 Å². The second-order valence-electron chi connectivity index (χ2n) is 25.0. The highest BCUT2D eigenvalue weighted by Gasteiger charge is 2.43. The van der Waals surface area contributed by atoms with Crippen LogP contribution in [0.5, 0.6) is 0 Å². The van der Waals surface area contributed by atoms with Crippen LogP contribution in [-0.4, -0.2) is 229 Å². The minimum absolute atomic E-state index is 0.0417. The molecule has 1 aromatic rings. The topological polar surface area (TPSA) is 254 Å². The van der Waals surface area contributed by atoms with E-state index in [9.17, 15) is 43.6 Å². The Balaban J connectivity index is 2.78. The number of hydrogen-bond acceptors (Lipinski definition) is 13. The van der Waals surface area contributed by atoms with Crippen molar-refractivity contribution in [3.63, 3.8) is 0 Å². The summed E-state index contributed by atoms with van der Waals surface area (Å²) in [5.41, 5.74) is 1.07. The Hall–Kier alpha value is -6.63. The van der Waals surface area contributed by atoms with E-state index in [-0.39, 0.29) is 56.4 Å². The lowest BCUT2D eigenvalue weighted by Crippen LogP contribution is -2.61. The van der Waals surface area contributed by atoms with Gasteiger partial charge in [-0.1, -0.05) is 87.8 Å². The molecule has 1 aromatic carbocycles. The average molecular weight is 1180 g/mol. The molecule has 1 aliphatic heterocycles. The highest BCUT2D eigenvalue weighted by atomic mass is 16.6. The highest BCUT2D eigenvalue weighted by molar-refractivity contribution is 5.98. The summed E-state index contributed by atoms with van der Waals surface area (Å²) in [5, 5.41) is 15.2. The van der Waals surface area contributed by atoms with Crippen LogP contribution >= 0.6 is 0 Å². The Bertz CT molecular complexity index is 2470. The summed E-state index contributed by atoms with van der Waals surface area (Å²) in [5.74, 6) is -7.06. The van der Waals surface area contributed by atoms with Crippen LogP contribution in [0.2, 0.25) is 0 Å². The average Bonchev–Trinajstić information content (AvgIpc) is 3.65. The highest BCUT2D eigenvalue weighted by Crippen LogP contribution is 2.24. The molecule has 2 rings (SSSR count). The van der Waals surface area contributed by atoms with Gasteiger partial charge >= 0.3 is 5.97 Å². The zero-order chi connectivity index (χ0) is 64.5. The van der Waals surface area contributed by atoms with Crippen LogP contribution in [0.4, 0.5) is 0 Å². The molecule has 0 saturated carbocycles. The Morgan fingerprint density at radius 3 is 1.77 bits per heavy atom. The fourth-order valence-corrected chi connectivity index (χ4v) is 10.7. The Labute approximate surface area is 501 Å². The van der Waals surface area contributed by atoms with Gasteiger partial charge in [0.05, 0.1) is 11.6 Å². The normalized spacial score (nSPS) is 22.4. The van der Waals surface area contributed by atoms with Gasteiger partial charge in [0.1, 0.15) is 54.4 Å². The zero-order valence-electron chi connectivity index (χ0n) is 54.6. The third-order valence-corrected chi connectivity index (χ3v) is 16.5. The number of carbonyl (C=O) groups excluding carboxylic acids is 10. The molecule has 0 unspecified atom stereocenters. The van der Waals surface area contributed by atoms with Gasteiger partial charge in [-0.05, 0) is 114 Å². The van der Waals surface area contributed by atoms with Gasteiger partial charge in [-0.25, -0.2) is 0 Å². The molecule has 9 amide bonds. The van der Waals surface area contributed by atoms with Crippen LogP contribution < -0.4 is 10.6 Å². The van der Waals surface area contributed by atoms with Crippen LogP contribution in [0.1, 0.15) is 140 Å². The molecule has 1 heterocycles. The number of nitriles is 1. The summed E-state index contributed by atoms with van der Waals surface area (Å²) in [6, 6.07) is -1.05. The van der Waals surface area contributed by atoms with Crippen molar-refractivity contribution in [2.75, 3.05) is 70.0 Å². The van der Waals surface area contributed by atoms with Gasteiger partial charge in [-0.15, -0.1) is 0 Å². The summed E-state index contributed by atoms with van der Waals surface area (Å²) in [7, 11) is 13.8. The van der Waals surface area contributed by atoms with Gasteiger partial charge in [0.2, 0.25) is 47.3 Å². The number of nitrogens with one attached hydrogen (secondary N) is 2. The second-order valence-corrected chi connectivity index (χ2v) is 25.0. The number of nitrogens with zero attached hydrogens (tertiary/aromatic N) is 9. The van der Waals surface area contributed by atoms with Crippen molar-refractivity contribution in [2.45, 2.75) is 195 Å². The van der Waals surface area contributed by atoms with Gasteiger partial charge in [0.15, 0.2) is 6.10 Å². The van der Waals surface area contributed by atoms with Crippen molar-refractivity contribution in [3.8, 4) is 6.07 Å². The lowest BCUT2D eigenvalue weighted by atomic mass is 9.95. The maximum atomic E-state index is 15.2. The van der Waals surface area contributed by atoms with Crippen molar-refractivity contribution in [1.82, 2.24) is 49.8 Å². The van der Waals surface area contributed by atoms with E-state index in [1.165, 1.54) is 97.4 Å². The molecule has 0 aromatic heterocycles. The first kappa shape index (κ1) is 73.5. The fraction of sp³-hybridized carbons (Fsp3) is 0.726. The molecule has 0 radical (unpaired) electrons. The first-order valence-electron chi connectivity index (χ1n) is 29.8. The zero-order valence-corrected chi connectivity index (χ0v) is 54.6. The quantitative estimate of drug-likeness (QED) is 0.186. The molecule has 2 N–H and O–H groups in total. The van der Waals surface area contributed by atoms with Crippen LogP contribution in [-0.2, 0) is 59.1 Å². The van der Waals surface area contributed by atoms with Gasteiger partial charge in [-0.2, -0.15) is 5.26 Å². The molecular formula is C62H103N11O11. The van der Waals surface area contributed by atoms with E-state index < -0.39 is 131 Å².